The maximum atomic E-state index is 16.0. The minimum Gasteiger partial charge on any atom is -0.493 e. The van der Waals surface area contributed by atoms with E-state index in [1.807, 2.05) is 30.3 Å². The maximum absolute atomic E-state index is 16.0. The first-order valence-electron chi connectivity index (χ1n) is 12.2. The molecule has 4 heterocycles. The Morgan fingerprint density at radius 1 is 1.16 bits per heavy atom. The van der Waals surface area contributed by atoms with Crippen molar-refractivity contribution in [3.63, 3.8) is 0 Å². The van der Waals surface area contributed by atoms with Crippen LogP contribution in [0.15, 0.2) is 42.6 Å². The number of aromatic hydroxyl groups is 1. The zero-order chi connectivity index (χ0) is 25.6. The van der Waals surface area contributed by atoms with Crippen LogP contribution in [0.2, 0.25) is 0 Å². The van der Waals surface area contributed by atoms with E-state index < -0.39 is 23.4 Å². The number of methoxy groups -OCH3 is 1. The van der Waals surface area contributed by atoms with Gasteiger partial charge in [0.15, 0.2) is 12.6 Å². The highest BCUT2D eigenvalue weighted by molar-refractivity contribution is 5.99. The molecule has 2 aromatic carbocycles. The predicted molar refractivity (Wildman–Crippen MR) is 133 cm³/mol. The molecular formula is C27H26F2N4O4. The molecule has 0 saturated carbocycles. The lowest BCUT2D eigenvalue weighted by atomic mass is 9.95. The van der Waals surface area contributed by atoms with Crippen molar-refractivity contribution < 1.29 is 28.1 Å². The molecule has 2 aliphatic rings. The third-order valence-electron chi connectivity index (χ3n) is 7.31. The lowest BCUT2D eigenvalue weighted by Gasteiger charge is -2.30. The van der Waals surface area contributed by atoms with Crippen molar-refractivity contribution in [1.29, 1.82) is 0 Å². The van der Waals surface area contributed by atoms with E-state index in [4.69, 9.17) is 14.2 Å². The van der Waals surface area contributed by atoms with Crippen LogP contribution in [0.25, 0.3) is 32.9 Å². The van der Waals surface area contributed by atoms with Crippen molar-refractivity contribution in [2.45, 2.75) is 31.0 Å². The van der Waals surface area contributed by atoms with Crippen molar-refractivity contribution >= 4 is 21.7 Å². The number of alkyl halides is 1. The molecule has 4 aromatic rings. The van der Waals surface area contributed by atoms with Gasteiger partial charge in [0.05, 0.1) is 10.9 Å². The molecule has 192 valence electrons. The average molecular weight is 509 g/mol. The summed E-state index contributed by atoms with van der Waals surface area (Å²) in [5, 5.41) is 12.2. The molecule has 0 bridgehead atoms. The molecule has 0 amide bonds. The Balaban J connectivity index is 1.39. The second-order valence-corrected chi connectivity index (χ2v) is 9.62. The molecule has 2 aliphatic heterocycles. The van der Waals surface area contributed by atoms with E-state index in [-0.39, 0.29) is 36.0 Å². The number of benzene rings is 2. The summed E-state index contributed by atoms with van der Waals surface area (Å²) in [6.45, 7) is 1.41. The topological polar surface area (TPSA) is 89.8 Å². The number of fused-ring (bicyclic) bond motifs is 3. The van der Waals surface area contributed by atoms with Crippen LogP contribution < -0.4 is 9.47 Å². The largest absolute Gasteiger partial charge is 0.493 e. The van der Waals surface area contributed by atoms with E-state index in [0.717, 1.165) is 30.2 Å². The second kappa shape index (κ2) is 9.35. The van der Waals surface area contributed by atoms with Gasteiger partial charge in [0.1, 0.15) is 29.7 Å². The molecule has 2 aromatic heterocycles. The third kappa shape index (κ3) is 4.19. The highest BCUT2D eigenvalue weighted by Gasteiger charge is 2.49. The molecule has 1 N–H and O–H groups in total. The summed E-state index contributed by atoms with van der Waals surface area (Å²) in [5.74, 6) is -0.662. The number of nitrogens with zero attached hydrogens (tertiary/aromatic N) is 4. The van der Waals surface area contributed by atoms with Crippen molar-refractivity contribution in [1.82, 2.24) is 19.9 Å². The van der Waals surface area contributed by atoms with Gasteiger partial charge in [-0.1, -0.05) is 24.3 Å². The number of hydrogen-bond acceptors (Lipinski definition) is 8. The Hall–Kier alpha value is -3.63. The Morgan fingerprint density at radius 3 is 2.89 bits per heavy atom. The van der Waals surface area contributed by atoms with Crippen LogP contribution in [-0.4, -0.2) is 70.3 Å². The number of pyridine rings is 1. The minimum atomic E-state index is -0.903. The van der Waals surface area contributed by atoms with Gasteiger partial charge < -0.3 is 19.3 Å². The molecule has 0 spiro atoms. The number of halogens is 2. The van der Waals surface area contributed by atoms with Crippen LogP contribution >= 0.6 is 0 Å². The molecule has 2 atom stereocenters. The summed E-state index contributed by atoms with van der Waals surface area (Å²) in [4.78, 5) is 14.7. The lowest BCUT2D eigenvalue weighted by Crippen LogP contribution is -2.43. The average Bonchev–Trinajstić information content (AvgIpc) is 3.42. The third-order valence-corrected chi connectivity index (χ3v) is 7.31. The first-order chi connectivity index (χ1) is 18.0. The normalized spacial score (nSPS) is 21.5. The summed E-state index contributed by atoms with van der Waals surface area (Å²) in [7, 11) is 1.52. The fraction of sp³-hybridized carbons (Fsp3) is 0.370. The summed E-state index contributed by atoms with van der Waals surface area (Å²) in [6.07, 6.45) is 2.59. The van der Waals surface area contributed by atoms with E-state index in [9.17, 15) is 9.50 Å². The van der Waals surface area contributed by atoms with Gasteiger partial charge in [-0.3, -0.25) is 9.88 Å². The van der Waals surface area contributed by atoms with Gasteiger partial charge in [-0.15, -0.1) is 0 Å². The highest BCUT2D eigenvalue weighted by atomic mass is 19.1. The van der Waals surface area contributed by atoms with Crippen molar-refractivity contribution in [3.05, 3.63) is 48.4 Å². The van der Waals surface area contributed by atoms with Crippen LogP contribution in [-0.2, 0) is 4.74 Å². The Morgan fingerprint density at radius 2 is 2.03 bits per heavy atom. The van der Waals surface area contributed by atoms with E-state index in [1.54, 1.807) is 6.07 Å². The predicted octanol–water partition coefficient (Wildman–Crippen LogP) is 4.63. The van der Waals surface area contributed by atoms with Crippen LogP contribution in [0.4, 0.5) is 8.78 Å². The zero-order valence-electron chi connectivity index (χ0n) is 20.3. The molecule has 2 saturated heterocycles. The van der Waals surface area contributed by atoms with Gasteiger partial charge in [-0.05, 0) is 42.3 Å². The summed E-state index contributed by atoms with van der Waals surface area (Å²) in [6, 6.07) is 10.9. The van der Waals surface area contributed by atoms with Crippen molar-refractivity contribution in [2.75, 3.05) is 33.6 Å². The first-order valence-corrected chi connectivity index (χ1v) is 12.2. The number of aromatic nitrogens is 3. The van der Waals surface area contributed by atoms with Crippen LogP contribution in [0.1, 0.15) is 19.3 Å². The molecule has 0 radical (unpaired) electrons. The van der Waals surface area contributed by atoms with Gasteiger partial charge in [0.2, 0.25) is 5.88 Å². The van der Waals surface area contributed by atoms with E-state index >= 15 is 4.39 Å². The monoisotopic (exact) mass is 508 g/mol. The van der Waals surface area contributed by atoms with Crippen LogP contribution in [0, 0.1) is 5.82 Å². The number of hydrogen-bond donors (Lipinski definition) is 1. The van der Waals surface area contributed by atoms with Crippen molar-refractivity contribution in [3.8, 4) is 28.9 Å². The van der Waals surface area contributed by atoms with Gasteiger partial charge in [0, 0.05) is 31.8 Å². The minimum absolute atomic E-state index is 0.0370. The van der Waals surface area contributed by atoms with Gasteiger partial charge >= 0.3 is 6.01 Å². The van der Waals surface area contributed by atoms with Gasteiger partial charge in [-0.25, -0.2) is 8.78 Å². The molecule has 10 heteroatoms. The SMILES string of the molecule is COCOc1cc(-c2ncc3c(O)nc(OCC45CCCN4CC(F)C5)nc3c2F)c2ccccc2c1. The quantitative estimate of drug-likeness (QED) is 0.362. The fourth-order valence-corrected chi connectivity index (χ4v) is 5.61. The standard InChI is InChI=1S/C27H26F2N4O4/c1-35-15-37-18-9-16-5-2-3-6-19(16)20(10-18)23-22(29)24-21(12-30-23)25(34)32-26(31-24)36-14-27-7-4-8-33(27)13-17(28)11-27/h2-3,5-6,9-10,12,17H,4,7-8,11,13-15H2,1H3,(H,31,32,34). The van der Waals surface area contributed by atoms with Gasteiger partial charge in [-0.2, -0.15) is 9.97 Å². The summed E-state index contributed by atoms with van der Waals surface area (Å²) in [5.41, 5.74) is 0.0174. The van der Waals surface area contributed by atoms with Crippen LogP contribution in [0.3, 0.4) is 0 Å². The molecule has 8 nitrogen and oxygen atoms in total. The van der Waals surface area contributed by atoms with Gasteiger partial charge in [0.25, 0.3) is 0 Å². The lowest BCUT2D eigenvalue weighted by molar-refractivity contribution is 0.0512. The number of rotatable bonds is 7. The summed E-state index contributed by atoms with van der Waals surface area (Å²) < 4.78 is 46.6. The van der Waals surface area contributed by atoms with E-state index in [0.29, 0.717) is 24.3 Å². The van der Waals surface area contributed by atoms with Crippen molar-refractivity contribution in [2.24, 2.45) is 0 Å². The highest BCUT2D eigenvalue weighted by Crippen LogP contribution is 2.41. The molecule has 0 aliphatic carbocycles. The number of ether oxygens (including phenoxy) is 3. The fourth-order valence-electron chi connectivity index (χ4n) is 5.61. The smallest absolute Gasteiger partial charge is 0.320 e. The Labute approximate surface area is 211 Å². The molecule has 2 fully saturated rings. The van der Waals surface area contributed by atoms with Crippen LogP contribution in [0.5, 0.6) is 17.6 Å². The Bertz CT molecular complexity index is 1490. The van der Waals surface area contributed by atoms with E-state index in [1.165, 1.54) is 13.3 Å². The Kier molecular flexibility index (Phi) is 6.00. The van der Waals surface area contributed by atoms with E-state index in [2.05, 4.69) is 19.9 Å². The second-order valence-electron chi connectivity index (χ2n) is 9.62. The maximum Gasteiger partial charge on any atom is 0.320 e. The first kappa shape index (κ1) is 23.7. The molecule has 2 unspecified atom stereocenters. The summed E-state index contributed by atoms with van der Waals surface area (Å²) >= 11 is 0. The molecular weight excluding hydrogens is 482 g/mol. The zero-order valence-corrected chi connectivity index (χ0v) is 20.3. The molecule has 6 rings (SSSR count). The molecule has 37 heavy (non-hydrogen) atoms.